The molecule has 0 saturated heterocycles. The van der Waals surface area contributed by atoms with Gasteiger partial charge in [-0.2, -0.15) is 8.61 Å². The number of amides is 2. The maximum absolute atomic E-state index is 13.3. The van der Waals surface area contributed by atoms with Gasteiger partial charge in [0.05, 0.1) is 71.4 Å². The van der Waals surface area contributed by atoms with Gasteiger partial charge in [-0.25, -0.2) is 36.8 Å². The molecule has 29 heteroatoms. The fourth-order valence-electron chi connectivity index (χ4n) is 7.98. The van der Waals surface area contributed by atoms with Gasteiger partial charge in [-0.3, -0.25) is 19.2 Å². The summed E-state index contributed by atoms with van der Waals surface area (Å²) in [5.41, 5.74) is 14.9. The highest BCUT2D eigenvalue weighted by Crippen LogP contribution is 2.31. The van der Waals surface area contributed by atoms with E-state index in [2.05, 4.69) is 46.5 Å². The van der Waals surface area contributed by atoms with Crippen LogP contribution in [0.1, 0.15) is 26.5 Å². The highest BCUT2D eigenvalue weighted by atomic mass is 32.2. The molecule has 6 aromatic rings. The van der Waals surface area contributed by atoms with Crippen LogP contribution in [0.15, 0.2) is 113 Å². The van der Waals surface area contributed by atoms with Crippen molar-refractivity contribution in [2.24, 2.45) is 0 Å². The lowest BCUT2D eigenvalue weighted by Crippen LogP contribution is -2.40. The summed E-state index contributed by atoms with van der Waals surface area (Å²) in [5, 5.41) is 33.3. The number of nitrogens with two attached hydrogens (primary N) is 2. The molecule has 2 aromatic heterocycles. The van der Waals surface area contributed by atoms with Crippen LogP contribution in [0.5, 0.6) is 11.5 Å². The first-order valence-electron chi connectivity index (χ1n) is 25.2. The number of fused-ring (bicyclic) bond motifs is 26. The number of anilines is 4. The Morgan fingerprint density at radius 1 is 0.605 bits per heavy atom. The number of hydrogen-bond acceptors (Lipinski definition) is 21. The number of hydrogen-bond donors (Lipinski definition) is 9. The van der Waals surface area contributed by atoms with Crippen molar-refractivity contribution in [3.05, 3.63) is 120 Å². The zero-order chi connectivity index (χ0) is 57.9. The molecule has 11 N–H and O–H groups in total. The van der Waals surface area contributed by atoms with Crippen LogP contribution in [0.2, 0.25) is 0 Å². The van der Waals surface area contributed by atoms with Gasteiger partial charge in [-0.1, -0.05) is 48.5 Å². The molecule has 0 fully saturated rings. The van der Waals surface area contributed by atoms with Crippen LogP contribution >= 0.6 is 0 Å². The van der Waals surface area contributed by atoms with Gasteiger partial charge in [0, 0.05) is 62.5 Å². The summed E-state index contributed by atoms with van der Waals surface area (Å²) in [6.07, 6.45) is 2.74. The van der Waals surface area contributed by atoms with E-state index < -0.39 is 56.9 Å². The van der Waals surface area contributed by atoms with Crippen molar-refractivity contribution in [3.8, 4) is 34.0 Å². The van der Waals surface area contributed by atoms with E-state index in [9.17, 15) is 46.2 Å². The first-order chi connectivity index (χ1) is 39.0. The summed E-state index contributed by atoms with van der Waals surface area (Å²) in [7, 11) is -6.43. The Morgan fingerprint density at radius 3 is 1.57 bits per heavy atom. The maximum atomic E-state index is 13.3. The number of rotatable bonds is 6. The number of aromatic nitrogens is 4. The lowest BCUT2D eigenvalue weighted by molar-refractivity contribution is -0.138. The van der Waals surface area contributed by atoms with Crippen LogP contribution in [0.4, 0.5) is 23.0 Å². The van der Waals surface area contributed by atoms with Crippen LogP contribution in [0, 0.1) is 0 Å². The zero-order valence-corrected chi connectivity index (χ0v) is 45.5. The number of ether oxygens (including phenoxy) is 4. The third-order valence-electron chi connectivity index (χ3n) is 12.0. The quantitative estimate of drug-likeness (QED) is 0.107. The Labute approximate surface area is 466 Å². The number of nitrogens with one attached hydrogen (secondary N) is 5. The number of carbonyl (C=O) groups is 4. The summed E-state index contributed by atoms with van der Waals surface area (Å²) in [6.45, 7) is 1.81. The fourth-order valence-corrected chi connectivity index (χ4v) is 10.8. The van der Waals surface area contributed by atoms with Crippen molar-refractivity contribution in [1.29, 1.82) is 0 Å². The van der Waals surface area contributed by atoms with Crippen molar-refractivity contribution >= 4 is 66.8 Å². The Balaban J connectivity index is 0.000000234. The van der Waals surface area contributed by atoms with E-state index >= 15 is 0 Å². The first kappa shape index (κ1) is 60.4. The Kier molecular flexibility index (Phi) is 21.4. The van der Waals surface area contributed by atoms with Gasteiger partial charge in [-0.15, -0.1) is 0 Å². The molecule has 0 spiro atoms. The highest BCUT2D eigenvalue weighted by molar-refractivity contribution is 7.89. The second-order valence-corrected chi connectivity index (χ2v) is 21.5. The number of aliphatic carboxylic acids is 2. The van der Waals surface area contributed by atoms with Crippen LogP contribution in [-0.2, 0) is 45.7 Å². The monoisotopic (exact) mass is 1160 g/mol. The summed E-state index contributed by atoms with van der Waals surface area (Å²) in [6, 6.07) is 23.7. The standard InChI is InChI=1S/C27H33N7O7S.C25H28N6O7S/c1-29-15-19-3-2-4-21-25(19)41-14-13-40-12-10-30-9-11-34(17-23(35)36)42(38,39)20-7-5-18(6-8-20)22-16-31-26(28)24(32-22)27(37)33-21;26-24-23-25(34)30-19-3-1-2-4-21(19)38-14-13-37-12-10-27-9-11-31(16-22(32)33)39(35,36)18-7-5-17(6-8-18)20(29-23)15-28-24/h2-8,16,29-30H,9-15,17H2,1H3,(H2,28,31)(H,33,37)(H,35,36);1-8,15,27H,9-14,16H2,(H2,26,28)(H,30,34)(H,32,33). The van der Waals surface area contributed by atoms with E-state index in [0.29, 0.717) is 66.8 Å². The lowest BCUT2D eigenvalue weighted by Gasteiger charge is -2.21. The Bertz CT molecular complexity index is 3400. The molecular formula is C52H61N13O14S2. The largest absolute Gasteiger partial charge is 0.489 e. The van der Waals surface area contributed by atoms with Crippen molar-refractivity contribution in [3.63, 3.8) is 0 Å². The van der Waals surface area contributed by atoms with Gasteiger partial charge >= 0.3 is 11.9 Å². The van der Waals surface area contributed by atoms with Crippen LogP contribution in [-0.4, -0.2) is 178 Å². The molecule has 0 saturated carbocycles. The summed E-state index contributed by atoms with van der Waals surface area (Å²) in [4.78, 5) is 65.9. The Hall–Kier alpha value is -8.26. The van der Waals surface area contributed by atoms with E-state index in [0.717, 1.165) is 14.2 Å². The zero-order valence-electron chi connectivity index (χ0n) is 43.9. The third kappa shape index (κ3) is 16.4. The minimum absolute atomic E-state index is 0.0574. The van der Waals surface area contributed by atoms with Gasteiger partial charge in [-0.05, 0) is 49.5 Å². The average molecular weight is 1160 g/mol. The van der Waals surface area contributed by atoms with Crippen molar-refractivity contribution in [2.45, 2.75) is 16.3 Å². The molecule has 4 aliphatic rings. The predicted octanol–water partition coefficient (Wildman–Crippen LogP) is 1.82. The minimum Gasteiger partial charge on any atom is -0.489 e. The summed E-state index contributed by atoms with van der Waals surface area (Å²) in [5.74, 6) is -3.03. The molecule has 2 amide bonds. The maximum Gasteiger partial charge on any atom is 0.318 e. The van der Waals surface area contributed by atoms with Gasteiger partial charge < -0.3 is 67.2 Å². The molecule has 0 atom stereocenters. The van der Waals surface area contributed by atoms with Crippen LogP contribution in [0.3, 0.4) is 0 Å². The number of sulfonamides is 2. The van der Waals surface area contributed by atoms with Gasteiger partial charge in [0.15, 0.2) is 23.0 Å². The number of nitrogens with zero attached hydrogens (tertiary/aromatic N) is 6. The summed E-state index contributed by atoms with van der Waals surface area (Å²) < 4.78 is 77.6. The number of para-hydroxylation sites is 3. The van der Waals surface area contributed by atoms with Gasteiger partial charge in [0.2, 0.25) is 20.0 Å². The van der Waals surface area contributed by atoms with Gasteiger partial charge in [0.1, 0.15) is 37.8 Å². The van der Waals surface area contributed by atoms with E-state index in [4.69, 9.17) is 30.4 Å². The molecule has 4 aliphatic heterocycles. The molecule has 27 nitrogen and oxygen atoms in total. The Morgan fingerprint density at radius 2 is 1.07 bits per heavy atom. The van der Waals surface area contributed by atoms with Crippen molar-refractivity contribution < 1.29 is 65.2 Å². The number of carboxylic acids is 2. The molecule has 0 unspecified atom stereocenters. The van der Waals surface area contributed by atoms with E-state index in [1.54, 1.807) is 43.4 Å². The topological polar surface area (TPSA) is 384 Å². The fraction of sp³-hybridized carbons (Fsp3) is 0.308. The third-order valence-corrected chi connectivity index (χ3v) is 15.7. The number of nitrogen functional groups attached to an aromatic ring is 2. The lowest BCUT2D eigenvalue weighted by atomic mass is 10.1. The SMILES string of the molecule is CNCc1cccc2c1OCCOCCNCCN(CC(=O)O)S(=O)(=O)c1ccc(cc1)-c1cnc(N)c(n1)C(=O)N2.Nc1ncc2nc1C(=O)Nc1ccccc1OCCOCCNCCN(CC(=O)O)S(=O)(=O)c1ccc-2cc1. The average Bonchev–Trinajstić information content (AvgIpc) is 3.54. The molecule has 0 radical (unpaired) electrons. The first-order valence-corrected chi connectivity index (χ1v) is 28.0. The molecule has 430 valence electrons. The minimum atomic E-state index is -4.12. The predicted molar refractivity (Wildman–Crippen MR) is 296 cm³/mol. The van der Waals surface area contributed by atoms with E-state index in [1.807, 2.05) is 6.07 Å². The highest BCUT2D eigenvalue weighted by Gasteiger charge is 2.29. The number of carbonyl (C=O) groups excluding carboxylic acids is 2. The van der Waals surface area contributed by atoms with Crippen LogP contribution < -0.4 is 47.5 Å². The van der Waals surface area contributed by atoms with Crippen molar-refractivity contribution in [1.82, 2.24) is 44.5 Å². The second kappa shape index (κ2) is 28.8. The number of carboxylic acid groups (broad SMARTS) is 2. The molecule has 10 rings (SSSR count). The molecule has 8 bridgehead atoms. The number of benzene rings is 4. The molecule has 81 heavy (non-hydrogen) atoms. The molecule has 0 aliphatic carbocycles. The normalized spacial score (nSPS) is 16.9. The molecular weight excluding hydrogens is 1090 g/mol. The van der Waals surface area contributed by atoms with E-state index in [-0.39, 0.29) is 96.8 Å². The smallest absolute Gasteiger partial charge is 0.318 e. The van der Waals surface area contributed by atoms with Crippen LogP contribution in [0.25, 0.3) is 22.5 Å². The second-order valence-electron chi connectivity index (χ2n) is 17.6. The molecule has 4 aromatic carbocycles. The van der Waals surface area contributed by atoms with Crippen molar-refractivity contribution in [2.75, 3.05) is 121 Å². The summed E-state index contributed by atoms with van der Waals surface area (Å²) >= 11 is 0. The molecule has 6 heterocycles. The van der Waals surface area contributed by atoms with Gasteiger partial charge in [0.25, 0.3) is 11.8 Å². The van der Waals surface area contributed by atoms with E-state index in [1.165, 1.54) is 60.9 Å².